The summed E-state index contributed by atoms with van der Waals surface area (Å²) in [5.74, 6) is -0.0667. The number of allylic oxidation sites excluding steroid dienone is 2. The number of benzene rings is 2. The summed E-state index contributed by atoms with van der Waals surface area (Å²) in [4.78, 5) is 32.3. The number of rotatable bonds is 6. The van der Waals surface area contributed by atoms with Crippen molar-refractivity contribution in [3.63, 3.8) is 0 Å². The molecule has 3 aliphatic rings. The molecular formula is C32H37FN4O2. The molecule has 2 aromatic rings. The summed E-state index contributed by atoms with van der Waals surface area (Å²) in [5, 5.41) is 2.90. The van der Waals surface area contributed by atoms with E-state index in [1.807, 2.05) is 35.4 Å². The number of halogens is 1. The van der Waals surface area contributed by atoms with Crippen LogP contribution in [0.4, 0.5) is 4.39 Å². The Morgan fingerprint density at radius 1 is 1.10 bits per heavy atom. The molecule has 5 rings (SSSR count). The Hall–Kier alpha value is -3.71. The topological polar surface area (TPSA) is 55.9 Å². The number of carbonyl (C=O) groups excluding carboxylic acids is 2. The summed E-state index contributed by atoms with van der Waals surface area (Å²) in [7, 11) is 0. The zero-order chi connectivity index (χ0) is 27.2. The standard InChI is InChI=1S/C32H37FN4O2/c1-2-24-21-37(19-16-29(24)36-20-17-34-31(38)23-36)32(39)30-11-5-3-4-8-18-35(30)22-26-9-6-7-10-28(26)25-12-14-27(33)15-13-25/h2,6-15,18,24,29H,1,3-5,16-17,19-23H2,(H,34,38). The fraction of sp³-hybridized carbons (Fsp3) is 0.375. The number of hydrogen-bond acceptors (Lipinski definition) is 4. The Bertz CT molecular complexity index is 1260. The predicted molar refractivity (Wildman–Crippen MR) is 152 cm³/mol. The van der Waals surface area contributed by atoms with E-state index in [1.54, 1.807) is 12.1 Å². The monoisotopic (exact) mass is 528 g/mol. The Balaban J connectivity index is 1.36. The Morgan fingerprint density at radius 2 is 1.92 bits per heavy atom. The molecule has 2 amide bonds. The number of amides is 2. The highest BCUT2D eigenvalue weighted by Gasteiger charge is 2.36. The summed E-state index contributed by atoms with van der Waals surface area (Å²) < 4.78 is 13.6. The molecule has 0 bridgehead atoms. The minimum absolute atomic E-state index is 0.0301. The van der Waals surface area contributed by atoms with Crippen molar-refractivity contribution in [3.05, 3.63) is 96.6 Å². The van der Waals surface area contributed by atoms with Gasteiger partial charge in [-0.25, -0.2) is 4.39 Å². The van der Waals surface area contributed by atoms with Gasteiger partial charge in [-0.15, -0.1) is 6.58 Å². The first kappa shape index (κ1) is 26.9. The average molecular weight is 529 g/mol. The fourth-order valence-corrected chi connectivity index (χ4v) is 5.92. The van der Waals surface area contributed by atoms with Gasteiger partial charge >= 0.3 is 0 Å². The molecule has 0 spiro atoms. The maximum atomic E-state index is 14.0. The molecule has 3 aliphatic heterocycles. The van der Waals surface area contributed by atoms with Gasteiger partial charge in [0.2, 0.25) is 5.91 Å². The van der Waals surface area contributed by atoms with Gasteiger partial charge in [-0.1, -0.05) is 54.6 Å². The van der Waals surface area contributed by atoms with E-state index in [9.17, 15) is 14.0 Å². The van der Waals surface area contributed by atoms with Crippen LogP contribution < -0.4 is 5.32 Å². The highest BCUT2D eigenvalue weighted by Crippen LogP contribution is 2.29. The van der Waals surface area contributed by atoms with Crippen LogP contribution in [0.3, 0.4) is 0 Å². The van der Waals surface area contributed by atoms with Crippen LogP contribution in [0.5, 0.6) is 0 Å². The Labute approximate surface area is 230 Å². The summed E-state index contributed by atoms with van der Waals surface area (Å²) in [6.45, 7) is 7.73. The lowest BCUT2D eigenvalue weighted by Gasteiger charge is -2.44. The third kappa shape index (κ3) is 6.31. The van der Waals surface area contributed by atoms with Gasteiger partial charge < -0.3 is 15.1 Å². The van der Waals surface area contributed by atoms with Gasteiger partial charge in [0.25, 0.3) is 5.91 Å². The molecule has 2 saturated heterocycles. The fourth-order valence-electron chi connectivity index (χ4n) is 5.92. The second-order valence-electron chi connectivity index (χ2n) is 10.5. The predicted octanol–water partition coefficient (Wildman–Crippen LogP) is 4.71. The molecule has 6 nitrogen and oxygen atoms in total. The van der Waals surface area contributed by atoms with Crippen molar-refractivity contribution >= 4 is 11.8 Å². The SMILES string of the molecule is C=CC1CN(C(=O)C2=CCCCC=CN2Cc2ccccc2-c2ccc(F)cc2)CCC1N1CCNC(=O)C1. The van der Waals surface area contributed by atoms with Gasteiger partial charge in [-0.05, 0) is 54.5 Å². The molecular weight excluding hydrogens is 491 g/mol. The van der Waals surface area contributed by atoms with Crippen LogP contribution in [-0.2, 0) is 16.1 Å². The van der Waals surface area contributed by atoms with E-state index in [1.165, 1.54) is 12.1 Å². The minimum atomic E-state index is -0.260. The lowest BCUT2D eigenvalue weighted by molar-refractivity contribution is -0.132. The van der Waals surface area contributed by atoms with Crippen molar-refractivity contribution in [2.45, 2.75) is 38.3 Å². The van der Waals surface area contributed by atoms with Gasteiger partial charge in [0.15, 0.2) is 0 Å². The second kappa shape index (κ2) is 12.4. The molecule has 0 radical (unpaired) electrons. The van der Waals surface area contributed by atoms with Crippen molar-refractivity contribution in [2.24, 2.45) is 5.92 Å². The lowest BCUT2D eigenvalue weighted by Crippen LogP contribution is -2.58. The number of piperidine rings is 1. The summed E-state index contributed by atoms with van der Waals surface area (Å²) >= 11 is 0. The first-order valence-electron chi connectivity index (χ1n) is 13.9. The number of piperazine rings is 1. The largest absolute Gasteiger partial charge is 0.354 e. The zero-order valence-electron chi connectivity index (χ0n) is 22.4. The van der Waals surface area contributed by atoms with Crippen molar-refractivity contribution < 1.29 is 14.0 Å². The highest BCUT2D eigenvalue weighted by atomic mass is 19.1. The number of nitrogens with one attached hydrogen (secondary N) is 1. The van der Waals surface area contributed by atoms with E-state index >= 15 is 0 Å². The maximum Gasteiger partial charge on any atom is 0.270 e. The number of hydrogen-bond donors (Lipinski definition) is 1. The van der Waals surface area contributed by atoms with Gasteiger partial charge in [-0.3, -0.25) is 14.5 Å². The van der Waals surface area contributed by atoms with Crippen LogP contribution in [0.15, 0.2) is 85.2 Å². The molecule has 2 unspecified atom stereocenters. The zero-order valence-corrected chi connectivity index (χ0v) is 22.4. The van der Waals surface area contributed by atoms with Crippen LogP contribution >= 0.6 is 0 Å². The lowest BCUT2D eigenvalue weighted by atomic mass is 9.90. The van der Waals surface area contributed by atoms with E-state index < -0.39 is 0 Å². The van der Waals surface area contributed by atoms with Crippen LogP contribution in [0.2, 0.25) is 0 Å². The van der Waals surface area contributed by atoms with Crippen LogP contribution in [0.25, 0.3) is 11.1 Å². The van der Waals surface area contributed by atoms with Crippen molar-refractivity contribution in [1.29, 1.82) is 0 Å². The molecule has 0 aromatic heterocycles. The van der Waals surface area contributed by atoms with Crippen molar-refractivity contribution in [3.8, 4) is 11.1 Å². The normalized spacial score (nSPS) is 22.5. The molecule has 1 N–H and O–H groups in total. The van der Waals surface area contributed by atoms with E-state index in [0.29, 0.717) is 38.4 Å². The summed E-state index contributed by atoms with van der Waals surface area (Å²) in [6, 6.07) is 14.9. The number of nitrogens with zero attached hydrogens (tertiary/aromatic N) is 3. The van der Waals surface area contributed by atoms with E-state index in [4.69, 9.17) is 0 Å². The second-order valence-corrected chi connectivity index (χ2v) is 10.5. The smallest absolute Gasteiger partial charge is 0.270 e. The van der Waals surface area contributed by atoms with Crippen LogP contribution in [0.1, 0.15) is 31.2 Å². The Kier molecular flexibility index (Phi) is 8.57. The van der Waals surface area contributed by atoms with Crippen molar-refractivity contribution in [2.75, 3.05) is 32.7 Å². The van der Waals surface area contributed by atoms with Gasteiger partial charge in [-0.2, -0.15) is 0 Å². The first-order chi connectivity index (χ1) is 19.0. The molecule has 2 fully saturated rings. The average Bonchev–Trinajstić information content (AvgIpc) is 2.95. The Morgan fingerprint density at radius 3 is 2.72 bits per heavy atom. The van der Waals surface area contributed by atoms with E-state index in [0.717, 1.165) is 48.9 Å². The van der Waals surface area contributed by atoms with E-state index in [2.05, 4.69) is 39.9 Å². The van der Waals surface area contributed by atoms with E-state index in [-0.39, 0.29) is 29.6 Å². The summed E-state index contributed by atoms with van der Waals surface area (Å²) in [6.07, 6.45) is 11.8. The first-order valence-corrected chi connectivity index (χ1v) is 13.9. The maximum absolute atomic E-state index is 14.0. The molecule has 2 atom stereocenters. The quantitative estimate of drug-likeness (QED) is 0.552. The van der Waals surface area contributed by atoms with Gasteiger partial charge in [0.05, 0.1) is 6.54 Å². The number of carbonyl (C=O) groups is 2. The molecule has 204 valence electrons. The third-order valence-corrected chi connectivity index (χ3v) is 7.99. The molecule has 3 heterocycles. The molecule has 2 aromatic carbocycles. The van der Waals surface area contributed by atoms with Crippen LogP contribution in [-0.4, -0.2) is 65.3 Å². The van der Waals surface area contributed by atoms with Gasteiger partial charge in [0.1, 0.15) is 11.5 Å². The number of likely N-dealkylation sites (tertiary alicyclic amines) is 1. The van der Waals surface area contributed by atoms with Gasteiger partial charge in [0, 0.05) is 50.9 Å². The highest BCUT2D eigenvalue weighted by molar-refractivity contribution is 5.93. The minimum Gasteiger partial charge on any atom is -0.354 e. The molecule has 0 saturated carbocycles. The summed E-state index contributed by atoms with van der Waals surface area (Å²) in [5.41, 5.74) is 3.73. The van der Waals surface area contributed by atoms with Crippen LogP contribution in [0, 0.1) is 11.7 Å². The molecule has 0 aliphatic carbocycles. The molecule has 7 heteroatoms. The third-order valence-electron chi connectivity index (χ3n) is 7.99. The molecule has 39 heavy (non-hydrogen) atoms. The van der Waals surface area contributed by atoms with Crippen molar-refractivity contribution in [1.82, 2.24) is 20.0 Å².